The van der Waals surface area contributed by atoms with Crippen molar-refractivity contribution in [1.29, 1.82) is 0 Å². The average molecular weight is 606 g/mol. The maximum Gasteiger partial charge on any atom is 0.200 e. The molecule has 5 aliphatic rings. The summed E-state index contributed by atoms with van der Waals surface area (Å²) in [5.41, 5.74) is -1.38. The van der Waals surface area contributed by atoms with Crippen molar-refractivity contribution in [2.45, 2.75) is 82.3 Å². The van der Waals surface area contributed by atoms with Gasteiger partial charge >= 0.3 is 0 Å². The number of aliphatic hydroxyl groups is 3. The van der Waals surface area contributed by atoms with Crippen LogP contribution >= 0.6 is 0 Å². The molecule has 8 nitrogen and oxygen atoms in total. The number of aromatic nitrogens is 1. The van der Waals surface area contributed by atoms with E-state index in [9.17, 15) is 24.9 Å². The summed E-state index contributed by atoms with van der Waals surface area (Å²) in [6, 6.07) is 9.72. The van der Waals surface area contributed by atoms with Gasteiger partial charge in [-0.2, -0.15) is 0 Å². The molecule has 0 spiro atoms. The van der Waals surface area contributed by atoms with E-state index >= 15 is 4.39 Å². The van der Waals surface area contributed by atoms with Crippen LogP contribution in [0.3, 0.4) is 0 Å². The molecular formula is C35H40FNO7. The number of nitrogens with zero attached hydrogens (tertiary/aromatic N) is 1. The fraction of sp³-hybridized carbons (Fsp3) is 0.543. The molecule has 3 saturated carbocycles. The number of alkyl halides is 1. The molecule has 1 aliphatic heterocycles. The van der Waals surface area contributed by atoms with Gasteiger partial charge < -0.3 is 29.4 Å². The Morgan fingerprint density at radius 1 is 1.11 bits per heavy atom. The molecule has 1 aromatic carbocycles. The summed E-state index contributed by atoms with van der Waals surface area (Å²) < 4.78 is 32.7. The Hall–Kier alpha value is -2.95. The zero-order valence-corrected chi connectivity index (χ0v) is 25.3. The molecule has 4 aliphatic carbocycles. The fourth-order valence-electron chi connectivity index (χ4n) is 9.69. The first-order valence-corrected chi connectivity index (χ1v) is 15.5. The van der Waals surface area contributed by atoms with Crippen LogP contribution in [-0.2, 0) is 39.1 Å². The van der Waals surface area contributed by atoms with Crippen LogP contribution in [-0.4, -0.2) is 61.5 Å². The number of hydrogen-bond acceptors (Lipinski definition) is 7. The molecule has 7 rings (SSSR count). The number of allylic oxidation sites excluding steroid dienone is 4. The number of carbonyl (C=O) groups excluding carboxylic acids is 2. The molecule has 9 atom stereocenters. The van der Waals surface area contributed by atoms with Crippen molar-refractivity contribution in [1.82, 2.24) is 4.57 Å². The zero-order valence-electron chi connectivity index (χ0n) is 25.3. The number of halogens is 1. The van der Waals surface area contributed by atoms with Crippen molar-refractivity contribution in [2.75, 3.05) is 6.61 Å². The van der Waals surface area contributed by atoms with E-state index < -0.39 is 58.9 Å². The molecule has 9 heteroatoms. The maximum absolute atomic E-state index is 17.6. The van der Waals surface area contributed by atoms with Crippen molar-refractivity contribution in [3.8, 4) is 0 Å². The van der Waals surface area contributed by atoms with E-state index in [1.807, 2.05) is 55.1 Å². The first-order chi connectivity index (χ1) is 20.9. The third-order valence-corrected chi connectivity index (χ3v) is 11.9. The third kappa shape index (κ3) is 3.80. The molecule has 1 aromatic heterocycles. The summed E-state index contributed by atoms with van der Waals surface area (Å²) in [5.74, 6) is -1.64. The van der Waals surface area contributed by atoms with E-state index in [0.717, 1.165) is 22.4 Å². The topological polar surface area (TPSA) is 118 Å². The highest BCUT2D eigenvalue weighted by Crippen LogP contribution is 2.72. The van der Waals surface area contributed by atoms with Crippen molar-refractivity contribution in [3.63, 3.8) is 0 Å². The van der Waals surface area contributed by atoms with Crippen LogP contribution in [0.25, 0.3) is 0 Å². The Balaban J connectivity index is 1.21. The highest BCUT2D eigenvalue weighted by molar-refractivity contribution is 6.01. The van der Waals surface area contributed by atoms with Gasteiger partial charge in [0.2, 0.25) is 6.29 Å². The Kier molecular flexibility index (Phi) is 6.78. The van der Waals surface area contributed by atoms with Crippen LogP contribution in [0.2, 0.25) is 0 Å². The van der Waals surface area contributed by atoms with Crippen molar-refractivity contribution >= 4 is 11.6 Å². The lowest BCUT2D eigenvalue weighted by Crippen LogP contribution is -2.69. The normalized spacial score (nSPS) is 40.7. The van der Waals surface area contributed by atoms with Gasteiger partial charge in [0, 0.05) is 30.0 Å². The van der Waals surface area contributed by atoms with E-state index in [2.05, 4.69) is 0 Å². The monoisotopic (exact) mass is 605 g/mol. The van der Waals surface area contributed by atoms with Crippen molar-refractivity contribution < 1.29 is 38.8 Å². The number of carbonyl (C=O) groups is 2. The summed E-state index contributed by atoms with van der Waals surface area (Å²) in [6.45, 7) is 2.89. The Morgan fingerprint density at radius 3 is 2.55 bits per heavy atom. The van der Waals surface area contributed by atoms with Crippen LogP contribution in [0, 0.1) is 22.7 Å². The van der Waals surface area contributed by atoms with Crippen LogP contribution in [0.5, 0.6) is 0 Å². The second kappa shape index (κ2) is 10.0. The Morgan fingerprint density at radius 2 is 1.84 bits per heavy atom. The SMILES string of the molecule is Cn1cc(Cc2ccc(CO)cc2)cc1[C@@H]1O[C@@H]2C[C@H]3[C@@H]4CCC5=CC(=O)C=C[C@]5(C)[C@@]4(F)[C@@H](O)C[C@]3(C)[C@]2(C(=O)CO)O1. The lowest BCUT2D eigenvalue weighted by Gasteiger charge is -2.62. The van der Waals surface area contributed by atoms with Gasteiger partial charge in [0.05, 0.1) is 24.5 Å². The number of aliphatic hydroxyl groups excluding tert-OH is 3. The Bertz CT molecular complexity index is 1580. The number of fused-ring (bicyclic) bond motifs is 7. The standard InChI is InChI=1S/C35H40FNO7/c1-32-11-10-24(40)14-23(32)8-9-25-26-15-30-35(29(42)19-39,33(26,2)16-28(41)34(25,32)36)44-31(43-30)27-13-22(17-37(27)3)12-20-4-6-21(18-38)7-5-20/h4-7,10-11,13-14,17,25-26,28,30-31,38-39,41H,8-9,12,15-16,18-19H2,1-3H3/t25-,26-,28-,30+,31+,32-,33-,34-,35+/m0/s1. The maximum atomic E-state index is 17.6. The molecule has 2 heterocycles. The molecule has 0 bridgehead atoms. The van der Waals surface area contributed by atoms with Gasteiger partial charge in [-0.3, -0.25) is 9.59 Å². The minimum Gasteiger partial charge on any atom is -0.392 e. The third-order valence-electron chi connectivity index (χ3n) is 11.9. The molecule has 234 valence electrons. The van der Waals surface area contributed by atoms with Gasteiger partial charge in [-0.1, -0.05) is 42.8 Å². The van der Waals surface area contributed by atoms with E-state index in [4.69, 9.17) is 9.47 Å². The molecule has 3 N–H and O–H groups in total. The molecule has 2 aromatic rings. The van der Waals surface area contributed by atoms with Crippen LogP contribution in [0.15, 0.2) is 60.3 Å². The van der Waals surface area contributed by atoms with Gasteiger partial charge in [0.15, 0.2) is 22.8 Å². The highest BCUT2D eigenvalue weighted by Gasteiger charge is 2.79. The van der Waals surface area contributed by atoms with Crippen molar-refractivity contribution in [2.24, 2.45) is 29.7 Å². The van der Waals surface area contributed by atoms with Gasteiger partial charge in [-0.05, 0) is 79.9 Å². The minimum absolute atomic E-state index is 0.0130. The quantitative estimate of drug-likeness (QED) is 0.459. The summed E-state index contributed by atoms with van der Waals surface area (Å²) in [6.07, 6.45) is 5.37. The van der Waals surface area contributed by atoms with Crippen LogP contribution in [0.4, 0.5) is 4.39 Å². The lowest BCUT2D eigenvalue weighted by molar-refractivity contribution is -0.232. The summed E-state index contributed by atoms with van der Waals surface area (Å²) in [4.78, 5) is 26.0. The van der Waals surface area contributed by atoms with E-state index in [1.54, 1.807) is 13.0 Å². The first kappa shape index (κ1) is 29.7. The zero-order chi connectivity index (χ0) is 31.2. The molecule has 0 unspecified atom stereocenters. The summed E-state index contributed by atoms with van der Waals surface area (Å²) in [7, 11) is 1.89. The average Bonchev–Trinajstić information content (AvgIpc) is 3.63. The van der Waals surface area contributed by atoms with Gasteiger partial charge in [0.25, 0.3) is 0 Å². The molecule has 44 heavy (non-hydrogen) atoms. The first-order valence-electron chi connectivity index (χ1n) is 15.5. The van der Waals surface area contributed by atoms with Crippen LogP contribution < -0.4 is 0 Å². The molecular weight excluding hydrogens is 565 g/mol. The summed E-state index contributed by atoms with van der Waals surface area (Å²) in [5, 5.41) is 31.3. The number of benzene rings is 1. The lowest BCUT2D eigenvalue weighted by atomic mass is 9.44. The van der Waals surface area contributed by atoms with Crippen LogP contribution in [0.1, 0.15) is 68.2 Å². The molecule has 0 amide bonds. The largest absolute Gasteiger partial charge is 0.392 e. The number of ether oxygens (including phenoxy) is 2. The Labute approximate surface area is 256 Å². The van der Waals surface area contributed by atoms with Crippen molar-refractivity contribution in [3.05, 3.63) is 82.7 Å². The molecule has 1 saturated heterocycles. The second-order valence-electron chi connectivity index (χ2n) is 13.9. The fourth-order valence-corrected chi connectivity index (χ4v) is 9.69. The summed E-state index contributed by atoms with van der Waals surface area (Å²) >= 11 is 0. The van der Waals surface area contributed by atoms with Gasteiger partial charge in [-0.15, -0.1) is 0 Å². The number of hydrogen-bond donors (Lipinski definition) is 3. The smallest absolute Gasteiger partial charge is 0.200 e. The molecule has 4 fully saturated rings. The number of aryl methyl sites for hydroxylation is 1. The van der Waals surface area contributed by atoms with E-state index in [-0.39, 0.29) is 24.7 Å². The number of rotatable bonds is 6. The number of ketones is 2. The van der Waals surface area contributed by atoms with E-state index in [0.29, 0.717) is 31.3 Å². The van der Waals surface area contributed by atoms with E-state index in [1.165, 1.54) is 12.2 Å². The highest BCUT2D eigenvalue weighted by atomic mass is 19.1. The predicted molar refractivity (Wildman–Crippen MR) is 158 cm³/mol. The van der Waals surface area contributed by atoms with Gasteiger partial charge in [0.1, 0.15) is 6.61 Å². The predicted octanol–water partition coefficient (Wildman–Crippen LogP) is 3.80. The second-order valence-corrected chi connectivity index (χ2v) is 13.9. The minimum atomic E-state index is -2.04. The number of Topliss-reactive ketones (excluding diaryl/α,β-unsaturated/α-hetero) is 1. The molecule has 0 radical (unpaired) electrons. The van der Waals surface area contributed by atoms with Gasteiger partial charge in [-0.25, -0.2) is 4.39 Å².